The van der Waals surface area contributed by atoms with Gasteiger partial charge in [-0.25, -0.2) is 0 Å². The minimum absolute atomic E-state index is 0.0610. The zero-order valence-corrected chi connectivity index (χ0v) is 16.0. The molecular weight excluding hydrogens is 382 g/mol. The summed E-state index contributed by atoms with van der Waals surface area (Å²) in [5.41, 5.74) is 2.37. The number of nitrogens with one attached hydrogen (secondary N) is 1. The number of halogens is 2. The zero-order valence-electron chi connectivity index (χ0n) is 16.0. The molecule has 1 heterocycles. The van der Waals surface area contributed by atoms with E-state index in [9.17, 15) is 18.4 Å². The molecule has 0 atom stereocenters. The Hall–Kier alpha value is -3.16. The number of nitrogens with zero attached hydrogens (tertiary/aromatic N) is 1. The van der Waals surface area contributed by atoms with Crippen LogP contribution in [0.1, 0.15) is 24.0 Å². The van der Waals surface area contributed by atoms with Gasteiger partial charge in [-0.3, -0.25) is 9.59 Å². The average Bonchev–Trinajstić information content (AvgIpc) is 3.13. The summed E-state index contributed by atoms with van der Waals surface area (Å²) in [6.07, 6.45) is 1.63. The van der Waals surface area contributed by atoms with Crippen molar-refractivity contribution in [1.29, 1.82) is 0 Å². The molecule has 6 nitrogen and oxygen atoms in total. The van der Waals surface area contributed by atoms with Gasteiger partial charge in [0.1, 0.15) is 0 Å². The highest BCUT2D eigenvalue weighted by Crippen LogP contribution is 2.29. The quantitative estimate of drug-likeness (QED) is 0.733. The number of hydrogen-bond donors (Lipinski definition) is 1. The van der Waals surface area contributed by atoms with Crippen LogP contribution in [0.15, 0.2) is 42.5 Å². The van der Waals surface area contributed by atoms with Crippen LogP contribution in [0.2, 0.25) is 0 Å². The first-order valence-corrected chi connectivity index (χ1v) is 9.24. The SMILES string of the molecule is COc1cc(CNC(=O)Cc2ccc(N3CCCC3=O)cc2)ccc1OC(F)F. The number of ether oxygens (including phenoxy) is 2. The molecule has 1 saturated heterocycles. The number of hydrogen-bond acceptors (Lipinski definition) is 4. The third-order valence-electron chi connectivity index (χ3n) is 4.62. The summed E-state index contributed by atoms with van der Waals surface area (Å²) in [7, 11) is 1.36. The third kappa shape index (κ3) is 5.43. The molecule has 1 aliphatic rings. The summed E-state index contributed by atoms with van der Waals surface area (Å²) in [4.78, 5) is 25.7. The predicted molar refractivity (Wildman–Crippen MR) is 103 cm³/mol. The molecule has 0 radical (unpaired) electrons. The highest BCUT2D eigenvalue weighted by molar-refractivity contribution is 5.95. The molecule has 1 fully saturated rings. The summed E-state index contributed by atoms with van der Waals surface area (Å²) >= 11 is 0. The highest BCUT2D eigenvalue weighted by Gasteiger charge is 2.21. The smallest absolute Gasteiger partial charge is 0.387 e. The molecule has 2 aromatic rings. The second kappa shape index (κ2) is 9.36. The van der Waals surface area contributed by atoms with Gasteiger partial charge in [0.05, 0.1) is 13.5 Å². The van der Waals surface area contributed by atoms with E-state index >= 15 is 0 Å². The first-order chi connectivity index (χ1) is 14.0. The molecule has 2 aromatic carbocycles. The van der Waals surface area contributed by atoms with E-state index in [0.717, 1.165) is 24.2 Å². The standard InChI is InChI=1S/C21H22F2N2O4/c1-28-18-11-15(6-9-17(18)29-21(22)23)13-24-19(26)12-14-4-7-16(8-5-14)25-10-2-3-20(25)27/h4-9,11,21H,2-3,10,12-13H2,1H3,(H,24,26). The first-order valence-electron chi connectivity index (χ1n) is 9.24. The second-order valence-corrected chi connectivity index (χ2v) is 6.63. The number of benzene rings is 2. The van der Waals surface area contributed by atoms with Crippen molar-refractivity contribution < 1.29 is 27.8 Å². The minimum atomic E-state index is -2.94. The molecule has 8 heteroatoms. The topological polar surface area (TPSA) is 67.9 Å². The van der Waals surface area contributed by atoms with Gasteiger partial charge in [-0.2, -0.15) is 8.78 Å². The summed E-state index contributed by atoms with van der Waals surface area (Å²) in [6.45, 7) is -1.99. The van der Waals surface area contributed by atoms with Crippen LogP contribution < -0.4 is 19.7 Å². The minimum Gasteiger partial charge on any atom is -0.493 e. The molecular formula is C21H22F2N2O4. The summed E-state index contributed by atoms with van der Waals surface area (Å²) < 4.78 is 34.2. The molecule has 0 spiro atoms. The lowest BCUT2D eigenvalue weighted by Crippen LogP contribution is -2.25. The number of alkyl halides is 2. The molecule has 154 valence electrons. The van der Waals surface area contributed by atoms with Gasteiger partial charge in [-0.15, -0.1) is 0 Å². The van der Waals surface area contributed by atoms with Crippen molar-refractivity contribution in [3.8, 4) is 11.5 Å². The summed E-state index contributed by atoms with van der Waals surface area (Å²) in [5.74, 6) is 0.0519. The zero-order chi connectivity index (χ0) is 20.8. The highest BCUT2D eigenvalue weighted by atomic mass is 19.3. The van der Waals surface area contributed by atoms with E-state index in [2.05, 4.69) is 10.1 Å². The Morgan fingerprint density at radius 1 is 1.14 bits per heavy atom. The van der Waals surface area contributed by atoms with E-state index in [1.54, 1.807) is 17.0 Å². The van der Waals surface area contributed by atoms with Gasteiger partial charge in [-0.1, -0.05) is 18.2 Å². The number of carbonyl (C=O) groups excluding carboxylic acids is 2. The van der Waals surface area contributed by atoms with Crippen molar-refractivity contribution in [3.05, 3.63) is 53.6 Å². The number of carbonyl (C=O) groups is 2. The lowest BCUT2D eigenvalue weighted by Gasteiger charge is -2.16. The predicted octanol–water partition coefficient (Wildman–Crippen LogP) is 3.28. The van der Waals surface area contributed by atoms with Crippen LogP contribution in [-0.2, 0) is 22.6 Å². The third-order valence-corrected chi connectivity index (χ3v) is 4.62. The molecule has 29 heavy (non-hydrogen) atoms. The Balaban J connectivity index is 1.54. The van der Waals surface area contributed by atoms with Crippen LogP contribution in [0.25, 0.3) is 0 Å². The largest absolute Gasteiger partial charge is 0.493 e. The Morgan fingerprint density at radius 3 is 2.48 bits per heavy atom. The maximum absolute atomic E-state index is 12.4. The molecule has 3 rings (SSSR count). The molecule has 0 bridgehead atoms. The van der Waals surface area contributed by atoms with E-state index in [0.29, 0.717) is 12.0 Å². The van der Waals surface area contributed by atoms with Crippen LogP contribution in [-0.4, -0.2) is 32.1 Å². The van der Waals surface area contributed by atoms with Gasteiger partial charge in [0, 0.05) is 25.2 Å². The molecule has 1 aliphatic heterocycles. The van der Waals surface area contributed by atoms with Crippen molar-refractivity contribution >= 4 is 17.5 Å². The van der Waals surface area contributed by atoms with Gasteiger partial charge in [-0.05, 0) is 41.8 Å². The number of rotatable bonds is 8. The Kier molecular flexibility index (Phi) is 6.64. The molecule has 1 N–H and O–H groups in total. The van der Waals surface area contributed by atoms with Crippen molar-refractivity contribution in [3.63, 3.8) is 0 Å². The fraction of sp³-hybridized carbons (Fsp3) is 0.333. The number of amides is 2. The van der Waals surface area contributed by atoms with E-state index < -0.39 is 6.61 Å². The average molecular weight is 404 g/mol. The molecule has 2 amide bonds. The van der Waals surface area contributed by atoms with Gasteiger partial charge in [0.2, 0.25) is 11.8 Å². The summed E-state index contributed by atoms with van der Waals surface area (Å²) in [6, 6.07) is 11.9. The van der Waals surface area contributed by atoms with Gasteiger partial charge < -0.3 is 19.7 Å². The van der Waals surface area contributed by atoms with Gasteiger partial charge >= 0.3 is 6.61 Å². The maximum Gasteiger partial charge on any atom is 0.387 e. The van der Waals surface area contributed by atoms with Crippen LogP contribution in [0.5, 0.6) is 11.5 Å². The van der Waals surface area contributed by atoms with Crippen LogP contribution >= 0.6 is 0 Å². The monoisotopic (exact) mass is 404 g/mol. The molecule has 0 saturated carbocycles. The normalized spacial score (nSPS) is 13.7. The Labute approximate surface area is 167 Å². The van der Waals surface area contributed by atoms with Gasteiger partial charge in [0.25, 0.3) is 0 Å². The van der Waals surface area contributed by atoms with E-state index in [1.807, 2.05) is 24.3 Å². The number of methoxy groups -OCH3 is 1. The number of anilines is 1. The first kappa shape index (κ1) is 20.6. The van der Waals surface area contributed by atoms with Crippen molar-refractivity contribution in [2.45, 2.75) is 32.4 Å². The van der Waals surface area contributed by atoms with Crippen molar-refractivity contribution in [1.82, 2.24) is 5.32 Å². The lowest BCUT2D eigenvalue weighted by atomic mass is 10.1. The fourth-order valence-electron chi connectivity index (χ4n) is 3.18. The molecule has 0 aliphatic carbocycles. The Morgan fingerprint density at radius 2 is 1.86 bits per heavy atom. The van der Waals surface area contributed by atoms with Crippen LogP contribution in [0, 0.1) is 0 Å². The van der Waals surface area contributed by atoms with Crippen LogP contribution in [0.4, 0.5) is 14.5 Å². The van der Waals surface area contributed by atoms with Crippen molar-refractivity contribution in [2.75, 3.05) is 18.6 Å². The summed E-state index contributed by atoms with van der Waals surface area (Å²) in [5, 5.41) is 2.79. The van der Waals surface area contributed by atoms with Gasteiger partial charge in [0.15, 0.2) is 11.5 Å². The second-order valence-electron chi connectivity index (χ2n) is 6.63. The molecule has 0 aromatic heterocycles. The Bertz CT molecular complexity index is 871. The van der Waals surface area contributed by atoms with Crippen molar-refractivity contribution in [2.24, 2.45) is 0 Å². The maximum atomic E-state index is 12.4. The fourth-order valence-corrected chi connectivity index (χ4v) is 3.18. The lowest BCUT2D eigenvalue weighted by molar-refractivity contribution is -0.120. The van der Waals surface area contributed by atoms with E-state index in [-0.39, 0.29) is 36.3 Å². The van der Waals surface area contributed by atoms with E-state index in [1.165, 1.54) is 13.2 Å². The van der Waals surface area contributed by atoms with E-state index in [4.69, 9.17) is 4.74 Å². The van der Waals surface area contributed by atoms with Crippen LogP contribution in [0.3, 0.4) is 0 Å². The molecule has 0 unspecified atom stereocenters.